The molecule has 3 heterocycles. The van der Waals surface area contributed by atoms with Gasteiger partial charge in [-0.1, -0.05) is 0 Å². The minimum absolute atomic E-state index is 0.190. The van der Waals surface area contributed by atoms with Crippen molar-refractivity contribution in [1.82, 2.24) is 5.27 Å². The van der Waals surface area contributed by atoms with Crippen LogP contribution in [0.25, 0.3) is 5.32 Å². The standard InChI is InChI=1S/C21H28N4O12/c1-11(26)32-10-15-17(33-12(2)27)18(34-13(3)28)19(35-14(4)29)20(36-15)21(30)22-16-9-25(23-37-16)24-5-7-31-8-6-24/h9,15,17-20H,5-8,10H2,1-4H3/t15-,17-,18+,19-,20?/m1/s1. The zero-order valence-electron chi connectivity index (χ0n) is 20.7. The number of ether oxygens (including phenoxy) is 6. The Bertz CT molecular complexity index is 1010. The van der Waals surface area contributed by atoms with Crippen LogP contribution < -0.4 is 9.80 Å². The van der Waals surface area contributed by atoms with Crippen molar-refractivity contribution in [2.24, 2.45) is 0 Å². The van der Waals surface area contributed by atoms with Gasteiger partial charge >= 0.3 is 23.9 Å². The fraction of sp³-hybridized carbons (Fsp3) is 0.667. The van der Waals surface area contributed by atoms with Gasteiger partial charge in [0.25, 0.3) is 6.20 Å². The molecule has 0 N–H and O–H groups in total. The van der Waals surface area contributed by atoms with E-state index in [-0.39, 0.29) is 5.88 Å². The molecule has 2 aliphatic rings. The number of carbonyl (C=O) groups is 5. The van der Waals surface area contributed by atoms with Crippen LogP contribution in [-0.2, 0) is 52.4 Å². The highest BCUT2D eigenvalue weighted by atomic mass is 16.7. The Kier molecular flexibility index (Phi) is 9.35. The Morgan fingerprint density at radius 3 is 2.14 bits per heavy atom. The van der Waals surface area contributed by atoms with Gasteiger partial charge in [0.1, 0.15) is 24.7 Å². The van der Waals surface area contributed by atoms with Gasteiger partial charge in [-0.05, 0) is 0 Å². The van der Waals surface area contributed by atoms with E-state index in [2.05, 4.69) is 10.6 Å². The zero-order valence-corrected chi connectivity index (χ0v) is 20.7. The number of hydrogen-bond donors (Lipinski definition) is 0. The summed E-state index contributed by atoms with van der Waals surface area (Å²) < 4.78 is 37.0. The lowest BCUT2D eigenvalue weighted by Crippen LogP contribution is -2.64. The highest BCUT2D eigenvalue weighted by Crippen LogP contribution is 2.32. The molecule has 0 bridgehead atoms. The lowest BCUT2D eigenvalue weighted by atomic mass is 9.93. The molecule has 1 aromatic heterocycles. The molecule has 2 saturated heterocycles. The normalized spacial score (nSPS) is 25.5. The summed E-state index contributed by atoms with van der Waals surface area (Å²) in [6.07, 6.45) is -6.01. The molecule has 1 unspecified atom stereocenters. The first-order valence-corrected chi connectivity index (χ1v) is 11.3. The van der Waals surface area contributed by atoms with Crippen LogP contribution in [0.3, 0.4) is 0 Å². The molecule has 1 amide bonds. The molecule has 1 aromatic rings. The van der Waals surface area contributed by atoms with Crippen LogP contribution in [0.15, 0.2) is 10.7 Å². The van der Waals surface area contributed by atoms with Crippen LogP contribution in [0.1, 0.15) is 27.7 Å². The number of carbonyl (C=O) groups excluding carboxylic acids is 5. The Hall–Kier alpha value is -3.79. The quantitative estimate of drug-likeness (QED) is 0.217. The van der Waals surface area contributed by atoms with Gasteiger partial charge in [-0.2, -0.15) is 0 Å². The molecule has 3 rings (SSSR count). The highest BCUT2D eigenvalue weighted by Gasteiger charge is 2.53. The molecule has 0 spiro atoms. The van der Waals surface area contributed by atoms with Crippen LogP contribution in [0.5, 0.6) is 0 Å². The second-order valence-electron chi connectivity index (χ2n) is 8.10. The summed E-state index contributed by atoms with van der Waals surface area (Å²) in [6, 6.07) is 0. The lowest BCUT2D eigenvalue weighted by Gasteiger charge is -2.45. The Balaban J connectivity index is 1.88. The molecule has 5 atom stereocenters. The van der Waals surface area contributed by atoms with Crippen molar-refractivity contribution < 1.29 is 61.7 Å². The molecule has 0 radical (unpaired) electrons. The van der Waals surface area contributed by atoms with Gasteiger partial charge < -0.3 is 43.1 Å². The first-order valence-electron chi connectivity index (χ1n) is 11.3. The Labute approximate surface area is 210 Å². The van der Waals surface area contributed by atoms with E-state index in [0.717, 1.165) is 27.7 Å². The lowest BCUT2D eigenvalue weighted by molar-refractivity contribution is -0.759. The van der Waals surface area contributed by atoms with Gasteiger partial charge in [0.15, 0.2) is 18.3 Å². The number of aromatic nitrogens is 2. The van der Waals surface area contributed by atoms with Crippen LogP contribution >= 0.6 is 0 Å². The SMILES string of the molecule is CC(=O)OC[C@H]1OC(C(=O)[N-]c2c[n+](N3CCOCC3)no2)[C@H](OC(C)=O)[C@@H](OC(C)=O)[C@@H]1OC(C)=O. The third kappa shape index (κ3) is 7.60. The van der Waals surface area contributed by atoms with E-state index in [0.29, 0.717) is 26.3 Å². The fourth-order valence-electron chi connectivity index (χ4n) is 3.77. The van der Waals surface area contributed by atoms with Crippen molar-refractivity contribution in [2.75, 3.05) is 37.9 Å². The Morgan fingerprint density at radius 2 is 1.54 bits per heavy atom. The van der Waals surface area contributed by atoms with Crippen LogP contribution in [0.4, 0.5) is 5.88 Å². The molecule has 16 nitrogen and oxygen atoms in total. The van der Waals surface area contributed by atoms with Gasteiger partial charge in [-0.25, -0.2) is 0 Å². The molecular formula is C21H28N4O12. The zero-order chi connectivity index (χ0) is 27.1. The summed E-state index contributed by atoms with van der Waals surface area (Å²) in [5.74, 6) is -4.31. The van der Waals surface area contributed by atoms with E-state index in [1.807, 2.05) is 0 Å². The summed E-state index contributed by atoms with van der Waals surface area (Å²) >= 11 is 0. The van der Waals surface area contributed by atoms with Crippen molar-refractivity contribution in [3.8, 4) is 0 Å². The monoisotopic (exact) mass is 528 g/mol. The molecule has 16 heteroatoms. The number of esters is 4. The van der Waals surface area contributed by atoms with Crippen molar-refractivity contribution in [2.45, 2.75) is 58.2 Å². The van der Waals surface area contributed by atoms with Crippen LogP contribution in [0, 0.1) is 0 Å². The van der Waals surface area contributed by atoms with E-state index in [1.165, 1.54) is 11.0 Å². The van der Waals surface area contributed by atoms with Crippen molar-refractivity contribution in [1.29, 1.82) is 0 Å². The molecule has 2 aliphatic heterocycles. The first-order chi connectivity index (χ1) is 17.5. The molecule has 0 saturated carbocycles. The summed E-state index contributed by atoms with van der Waals surface area (Å²) in [6.45, 7) is 5.93. The predicted molar refractivity (Wildman–Crippen MR) is 115 cm³/mol. The van der Waals surface area contributed by atoms with Gasteiger partial charge in [0, 0.05) is 27.7 Å². The molecule has 0 aromatic carbocycles. The van der Waals surface area contributed by atoms with Crippen molar-refractivity contribution in [3.63, 3.8) is 0 Å². The topological polar surface area (TPSA) is 188 Å². The number of hydrogen-bond acceptors (Lipinski definition) is 14. The van der Waals surface area contributed by atoms with E-state index in [1.54, 1.807) is 5.01 Å². The van der Waals surface area contributed by atoms with Crippen molar-refractivity contribution in [3.05, 3.63) is 11.5 Å². The molecular weight excluding hydrogens is 500 g/mol. The molecule has 37 heavy (non-hydrogen) atoms. The van der Waals surface area contributed by atoms with Crippen molar-refractivity contribution >= 4 is 35.7 Å². The smallest absolute Gasteiger partial charge is 0.303 e. The summed E-state index contributed by atoms with van der Waals surface area (Å²) in [5, 5.41) is 9.49. The fourth-order valence-corrected chi connectivity index (χ4v) is 3.77. The maximum atomic E-state index is 13.2. The maximum absolute atomic E-state index is 13.2. The molecule has 2 fully saturated rings. The van der Waals surface area contributed by atoms with E-state index in [9.17, 15) is 24.0 Å². The summed E-state index contributed by atoms with van der Waals surface area (Å²) in [5.41, 5.74) is 0. The molecule has 204 valence electrons. The number of nitrogens with zero attached hydrogens (tertiary/aromatic N) is 4. The number of morpholine rings is 1. The Morgan fingerprint density at radius 1 is 0.946 bits per heavy atom. The molecule has 0 aliphatic carbocycles. The average molecular weight is 528 g/mol. The van der Waals surface area contributed by atoms with Gasteiger partial charge in [0.05, 0.1) is 37.0 Å². The largest absolute Gasteiger partial charge is 0.586 e. The van der Waals surface area contributed by atoms with E-state index in [4.69, 9.17) is 32.9 Å². The minimum atomic E-state index is -1.65. The second kappa shape index (κ2) is 12.4. The second-order valence-corrected chi connectivity index (χ2v) is 8.10. The first kappa shape index (κ1) is 27.8. The highest BCUT2D eigenvalue weighted by molar-refractivity contribution is 5.99. The van der Waals surface area contributed by atoms with Gasteiger partial charge in [-0.15, -0.1) is 5.01 Å². The maximum Gasteiger partial charge on any atom is 0.303 e. The minimum Gasteiger partial charge on any atom is -0.586 e. The average Bonchev–Trinajstić information content (AvgIpc) is 3.28. The van der Waals surface area contributed by atoms with Crippen LogP contribution in [0.2, 0.25) is 0 Å². The third-order valence-corrected chi connectivity index (χ3v) is 5.18. The van der Waals surface area contributed by atoms with E-state index < -0.39 is 66.9 Å². The summed E-state index contributed by atoms with van der Waals surface area (Å²) in [4.78, 5) is 61.6. The van der Waals surface area contributed by atoms with Gasteiger partial charge in [0.2, 0.25) is 5.27 Å². The number of rotatable bonds is 8. The number of amides is 1. The van der Waals surface area contributed by atoms with Crippen LogP contribution in [-0.4, -0.2) is 98.5 Å². The van der Waals surface area contributed by atoms with Gasteiger partial charge in [-0.3, -0.25) is 19.2 Å². The predicted octanol–water partition coefficient (Wildman–Crippen LogP) is -1.41. The van der Waals surface area contributed by atoms with E-state index >= 15 is 0 Å². The third-order valence-electron chi connectivity index (χ3n) is 5.18. The summed E-state index contributed by atoms with van der Waals surface area (Å²) in [7, 11) is 0.